The van der Waals surface area contributed by atoms with Gasteiger partial charge in [-0.05, 0) is 18.6 Å². The first-order valence-electron chi connectivity index (χ1n) is 4.60. The molecule has 1 aromatic rings. The SMILES string of the molecule is CC1=Nc2ccccc2C=CC1C. The van der Waals surface area contributed by atoms with Crippen LogP contribution in [0.4, 0.5) is 5.69 Å². The molecule has 1 atom stereocenters. The summed E-state index contributed by atoms with van der Waals surface area (Å²) in [6.45, 7) is 4.25. The van der Waals surface area contributed by atoms with Gasteiger partial charge < -0.3 is 0 Å². The van der Waals surface area contributed by atoms with E-state index in [0.29, 0.717) is 5.92 Å². The largest absolute Gasteiger partial charge is 0.257 e. The summed E-state index contributed by atoms with van der Waals surface area (Å²) >= 11 is 0. The maximum atomic E-state index is 4.57. The van der Waals surface area contributed by atoms with Crippen molar-refractivity contribution >= 4 is 17.5 Å². The first-order valence-corrected chi connectivity index (χ1v) is 4.60. The van der Waals surface area contributed by atoms with Gasteiger partial charge in [-0.1, -0.05) is 37.3 Å². The number of para-hydroxylation sites is 1. The third kappa shape index (κ3) is 1.55. The van der Waals surface area contributed by atoms with Crippen molar-refractivity contribution in [2.75, 3.05) is 0 Å². The van der Waals surface area contributed by atoms with E-state index in [0.717, 1.165) is 5.69 Å². The summed E-state index contributed by atoms with van der Waals surface area (Å²) in [5.41, 5.74) is 3.48. The summed E-state index contributed by atoms with van der Waals surface area (Å²) in [6, 6.07) is 8.23. The van der Waals surface area contributed by atoms with E-state index in [1.54, 1.807) is 0 Å². The predicted molar refractivity (Wildman–Crippen MR) is 57.4 cm³/mol. The molecule has 1 nitrogen and oxygen atoms in total. The number of hydrogen-bond donors (Lipinski definition) is 0. The highest BCUT2D eigenvalue weighted by Crippen LogP contribution is 2.25. The van der Waals surface area contributed by atoms with E-state index in [4.69, 9.17) is 0 Å². The van der Waals surface area contributed by atoms with Gasteiger partial charge in [-0.25, -0.2) is 0 Å². The Balaban J connectivity index is 2.56. The molecule has 1 aliphatic heterocycles. The third-order valence-corrected chi connectivity index (χ3v) is 2.46. The Morgan fingerprint density at radius 3 is 2.85 bits per heavy atom. The first-order chi connectivity index (χ1) is 6.27. The summed E-state index contributed by atoms with van der Waals surface area (Å²) in [5, 5.41) is 0. The van der Waals surface area contributed by atoms with Crippen molar-refractivity contribution in [2.24, 2.45) is 10.9 Å². The average Bonchev–Trinajstić information content (AvgIpc) is 2.28. The Morgan fingerprint density at radius 2 is 2.00 bits per heavy atom. The fourth-order valence-electron chi connectivity index (χ4n) is 1.41. The molecule has 1 heteroatoms. The molecule has 0 saturated heterocycles. The number of hydrogen-bond acceptors (Lipinski definition) is 1. The van der Waals surface area contributed by atoms with Crippen LogP contribution in [-0.4, -0.2) is 5.71 Å². The lowest BCUT2D eigenvalue weighted by Gasteiger charge is -2.02. The van der Waals surface area contributed by atoms with Crippen molar-refractivity contribution in [2.45, 2.75) is 13.8 Å². The van der Waals surface area contributed by atoms with Crippen LogP contribution in [-0.2, 0) is 0 Å². The van der Waals surface area contributed by atoms with Gasteiger partial charge >= 0.3 is 0 Å². The van der Waals surface area contributed by atoms with Crippen molar-refractivity contribution < 1.29 is 0 Å². The predicted octanol–water partition coefficient (Wildman–Crippen LogP) is 3.44. The Morgan fingerprint density at radius 1 is 1.23 bits per heavy atom. The highest BCUT2D eigenvalue weighted by atomic mass is 14.8. The Labute approximate surface area is 78.8 Å². The van der Waals surface area contributed by atoms with Gasteiger partial charge in [0.1, 0.15) is 0 Å². The van der Waals surface area contributed by atoms with Crippen molar-refractivity contribution in [1.29, 1.82) is 0 Å². The number of nitrogens with zero attached hydrogens (tertiary/aromatic N) is 1. The van der Waals surface area contributed by atoms with Crippen LogP contribution in [0, 0.1) is 5.92 Å². The summed E-state index contributed by atoms with van der Waals surface area (Å²) in [6.07, 6.45) is 4.35. The van der Waals surface area contributed by atoms with E-state index in [9.17, 15) is 0 Å². The van der Waals surface area contributed by atoms with Crippen molar-refractivity contribution in [3.05, 3.63) is 35.9 Å². The van der Waals surface area contributed by atoms with Gasteiger partial charge in [-0.3, -0.25) is 4.99 Å². The van der Waals surface area contributed by atoms with Gasteiger partial charge in [0.25, 0.3) is 0 Å². The molecule has 0 radical (unpaired) electrons. The lowest BCUT2D eigenvalue weighted by molar-refractivity contribution is 0.998. The second-order valence-electron chi connectivity index (χ2n) is 3.46. The van der Waals surface area contributed by atoms with Crippen LogP contribution < -0.4 is 0 Å². The minimum atomic E-state index is 0.451. The van der Waals surface area contributed by atoms with E-state index in [-0.39, 0.29) is 0 Å². The molecular formula is C12H13N. The topological polar surface area (TPSA) is 12.4 Å². The van der Waals surface area contributed by atoms with Crippen LogP contribution in [0.3, 0.4) is 0 Å². The Kier molecular flexibility index (Phi) is 2.01. The quantitative estimate of drug-likeness (QED) is 0.567. The van der Waals surface area contributed by atoms with Crippen LogP contribution in [0.2, 0.25) is 0 Å². The van der Waals surface area contributed by atoms with Crippen LogP contribution >= 0.6 is 0 Å². The molecule has 1 heterocycles. The number of allylic oxidation sites excluding steroid dienone is 1. The lowest BCUT2D eigenvalue weighted by Crippen LogP contribution is -2.01. The third-order valence-electron chi connectivity index (χ3n) is 2.46. The molecule has 0 aromatic heterocycles. The number of rotatable bonds is 0. The fraction of sp³-hybridized carbons (Fsp3) is 0.250. The zero-order chi connectivity index (χ0) is 9.26. The standard InChI is InChI=1S/C12H13N/c1-9-7-8-11-5-3-4-6-12(11)13-10(9)2/h3-9H,1-2H3. The molecule has 0 N–H and O–H groups in total. The molecule has 66 valence electrons. The molecule has 0 spiro atoms. The first kappa shape index (κ1) is 8.24. The molecule has 1 unspecified atom stereocenters. The zero-order valence-corrected chi connectivity index (χ0v) is 7.99. The minimum absolute atomic E-state index is 0.451. The van der Waals surface area contributed by atoms with Gasteiger partial charge in [0.05, 0.1) is 5.69 Å². The van der Waals surface area contributed by atoms with E-state index in [1.165, 1.54) is 11.3 Å². The van der Waals surface area contributed by atoms with Gasteiger partial charge in [0.15, 0.2) is 0 Å². The van der Waals surface area contributed by atoms with Crippen LogP contribution in [0.25, 0.3) is 6.08 Å². The molecule has 1 aliphatic rings. The Hall–Kier alpha value is -1.37. The van der Waals surface area contributed by atoms with Gasteiger partial charge in [0.2, 0.25) is 0 Å². The van der Waals surface area contributed by atoms with Crippen LogP contribution in [0.1, 0.15) is 19.4 Å². The van der Waals surface area contributed by atoms with Gasteiger partial charge in [-0.15, -0.1) is 0 Å². The van der Waals surface area contributed by atoms with Crippen LogP contribution in [0.15, 0.2) is 35.3 Å². The highest BCUT2D eigenvalue weighted by Gasteiger charge is 2.07. The molecular weight excluding hydrogens is 158 g/mol. The normalized spacial score (nSPS) is 20.5. The molecule has 0 aliphatic carbocycles. The second-order valence-corrected chi connectivity index (χ2v) is 3.46. The molecule has 2 rings (SSSR count). The summed E-state index contributed by atoms with van der Waals surface area (Å²) in [7, 11) is 0. The summed E-state index contributed by atoms with van der Waals surface area (Å²) in [5.74, 6) is 0.451. The Bertz CT molecular complexity index is 374. The van der Waals surface area contributed by atoms with Gasteiger partial charge in [-0.2, -0.15) is 0 Å². The second kappa shape index (κ2) is 3.17. The van der Waals surface area contributed by atoms with E-state index in [2.05, 4.69) is 43.1 Å². The maximum absolute atomic E-state index is 4.57. The summed E-state index contributed by atoms with van der Waals surface area (Å²) < 4.78 is 0. The minimum Gasteiger partial charge on any atom is -0.257 e. The maximum Gasteiger partial charge on any atom is 0.0701 e. The number of fused-ring (bicyclic) bond motifs is 1. The molecule has 0 fully saturated rings. The van der Waals surface area contributed by atoms with Gasteiger partial charge in [0, 0.05) is 11.6 Å². The zero-order valence-electron chi connectivity index (χ0n) is 7.99. The van der Waals surface area contributed by atoms with E-state index < -0.39 is 0 Å². The average molecular weight is 171 g/mol. The molecule has 1 aromatic carbocycles. The monoisotopic (exact) mass is 171 g/mol. The van der Waals surface area contributed by atoms with Crippen LogP contribution in [0.5, 0.6) is 0 Å². The van der Waals surface area contributed by atoms with E-state index in [1.807, 2.05) is 12.1 Å². The molecule has 0 amide bonds. The van der Waals surface area contributed by atoms with Crippen molar-refractivity contribution in [1.82, 2.24) is 0 Å². The van der Waals surface area contributed by atoms with Crippen molar-refractivity contribution in [3.8, 4) is 0 Å². The lowest BCUT2D eigenvalue weighted by atomic mass is 10.1. The van der Waals surface area contributed by atoms with Crippen molar-refractivity contribution in [3.63, 3.8) is 0 Å². The number of aliphatic imine (C=N–C) groups is 1. The number of benzene rings is 1. The molecule has 0 bridgehead atoms. The molecule has 0 saturated carbocycles. The smallest absolute Gasteiger partial charge is 0.0701 e. The van der Waals surface area contributed by atoms with E-state index >= 15 is 0 Å². The summed E-state index contributed by atoms with van der Waals surface area (Å²) in [4.78, 5) is 4.57. The highest BCUT2D eigenvalue weighted by molar-refractivity contribution is 5.91. The fourth-order valence-corrected chi connectivity index (χ4v) is 1.41. The molecule has 13 heavy (non-hydrogen) atoms.